The Morgan fingerprint density at radius 1 is 1.23 bits per heavy atom. The van der Waals surface area contributed by atoms with Gasteiger partial charge >= 0.3 is 0 Å². The van der Waals surface area contributed by atoms with Crippen LogP contribution in [0.25, 0.3) is 0 Å². The van der Waals surface area contributed by atoms with Gasteiger partial charge in [0.1, 0.15) is 0 Å². The maximum atomic E-state index is 12.4. The molecular weight excluding hydrogens is 330 g/mol. The van der Waals surface area contributed by atoms with Crippen molar-refractivity contribution in [3.8, 4) is 0 Å². The largest absolute Gasteiger partial charge is 0.356 e. The van der Waals surface area contributed by atoms with E-state index in [4.69, 9.17) is 0 Å². The minimum atomic E-state index is -0.0869. The number of H-pyrrole nitrogens is 1. The molecule has 0 bridgehead atoms. The third-order valence-electron chi connectivity index (χ3n) is 5.82. The van der Waals surface area contributed by atoms with Crippen molar-refractivity contribution in [3.05, 3.63) is 11.4 Å². The summed E-state index contributed by atoms with van der Waals surface area (Å²) in [4.78, 5) is 24.8. The van der Waals surface area contributed by atoms with Gasteiger partial charge in [0, 0.05) is 30.8 Å². The molecular formula is C19H31N5O2. The Morgan fingerprint density at radius 3 is 2.69 bits per heavy atom. The molecule has 0 aromatic carbocycles. The van der Waals surface area contributed by atoms with E-state index in [-0.39, 0.29) is 29.1 Å². The van der Waals surface area contributed by atoms with E-state index in [1.165, 1.54) is 0 Å². The monoisotopic (exact) mass is 361 g/mol. The van der Waals surface area contributed by atoms with Gasteiger partial charge in [-0.3, -0.25) is 9.59 Å². The van der Waals surface area contributed by atoms with Crippen LogP contribution in [0.4, 0.5) is 0 Å². The summed E-state index contributed by atoms with van der Waals surface area (Å²) in [5.74, 6) is 0.475. The quantitative estimate of drug-likeness (QED) is 0.624. The fourth-order valence-electron chi connectivity index (χ4n) is 3.71. The van der Waals surface area contributed by atoms with Crippen LogP contribution in [0.5, 0.6) is 0 Å². The van der Waals surface area contributed by atoms with Crippen LogP contribution in [0.2, 0.25) is 0 Å². The molecule has 7 heteroatoms. The minimum Gasteiger partial charge on any atom is -0.356 e. The Hall–Kier alpha value is -1.92. The standard InChI is InChI=1S/C19H31N5O2/c1-3-4-7-19(8-9-19)18(26)21-12-13(2)11-20-17(25)14-5-6-15-16(10-14)23-24-22-15/h13-14H,3-12H2,1-2H3,(H,20,25)(H,21,26)(H,22,23,24)/t13-,14?/m0/s1. The topological polar surface area (TPSA) is 99.8 Å². The maximum absolute atomic E-state index is 12.4. The zero-order valence-corrected chi connectivity index (χ0v) is 15.9. The van der Waals surface area contributed by atoms with E-state index in [0.717, 1.165) is 56.3 Å². The first-order chi connectivity index (χ1) is 12.5. The molecule has 1 fully saturated rings. The highest BCUT2D eigenvalue weighted by Crippen LogP contribution is 2.50. The molecule has 1 heterocycles. The van der Waals surface area contributed by atoms with E-state index < -0.39 is 0 Å². The molecule has 26 heavy (non-hydrogen) atoms. The second-order valence-electron chi connectivity index (χ2n) is 8.10. The summed E-state index contributed by atoms with van der Waals surface area (Å²) in [6.45, 7) is 5.42. The third kappa shape index (κ3) is 4.43. The molecule has 0 spiro atoms. The van der Waals surface area contributed by atoms with Crippen LogP contribution >= 0.6 is 0 Å². The molecule has 2 atom stereocenters. The number of aromatic nitrogens is 3. The predicted molar refractivity (Wildman–Crippen MR) is 98.3 cm³/mol. The number of carbonyl (C=O) groups excluding carboxylic acids is 2. The molecule has 2 amide bonds. The summed E-state index contributed by atoms with van der Waals surface area (Å²) in [5.41, 5.74) is 1.82. The van der Waals surface area contributed by atoms with Crippen molar-refractivity contribution in [1.82, 2.24) is 26.0 Å². The first-order valence-electron chi connectivity index (χ1n) is 9.98. The van der Waals surface area contributed by atoms with E-state index in [2.05, 4.69) is 39.9 Å². The molecule has 1 aromatic heterocycles. The van der Waals surface area contributed by atoms with Crippen LogP contribution in [0.3, 0.4) is 0 Å². The van der Waals surface area contributed by atoms with Gasteiger partial charge in [-0.1, -0.05) is 26.7 Å². The maximum Gasteiger partial charge on any atom is 0.226 e. The molecule has 0 saturated heterocycles. The lowest BCUT2D eigenvalue weighted by Crippen LogP contribution is -2.40. The second kappa shape index (κ2) is 8.18. The lowest BCUT2D eigenvalue weighted by atomic mass is 9.89. The molecule has 0 aliphatic heterocycles. The van der Waals surface area contributed by atoms with Crippen molar-refractivity contribution in [2.75, 3.05) is 13.1 Å². The molecule has 2 aliphatic rings. The van der Waals surface area contributed by atoms with Crippen molar-refractivity contribution in [3.63, 3.8) is 0 Å². The average Bonchev–Trinajstić information content (AvgIpc) is 3.30. The molecule has 3 rings (SSSR count). The number of nitrogens with one attached hydrogen (secondary N) is 3. The lowest BCUT2D eigenvalue weighted by Gasteiger charge is -2.22. The highest BCUT2D eigenvalue weighted by molar-refractivity contribution is 5.85. The van der Waals surface area contributed by atoms with E-state index in [0.29, 0.717) is 19.5 Å². The van der Waals surface area contributed by atoms with Crippen molar-refractivity contribution in [1.29, 1.82) is 0 Å². The Kier molecular flexibility index (Phi) is 5.94. The second-order valence-corrected chi connectivity index (χ2v) is 8.10. The molecule has 1 saturated carbocycles. The Balaban J connectivity index is 1.36. The van der Waals surface area contributed by atoms with Gasteiger partial charge in [-0.05, 0) is 38.0 Å². The zero-order valence-electron chi connectivity index (χ0n) is 15.9. The van der Waals surface area contributed by atoms with Crippen molar-refractivity contribution in [2.24, 2.45) is 17.3 Å². The number of rotatable bonds is 9. The summed E-state index contributed by atoms with van der Waals surface area (Å²) < 4.78 is 0. The van der Waals surface area contributed by atoms with E-state index >= 15 is 0 Å². The average molecular weight is 361 g/mol. The number of carbonyl (C=O) groups is 2. The SMILES string of the molecule is CCCCC1(C(=O)NC[C@@H](C)CNC(=O)C2CCc3n[nH]nc3C2)CC1. The molecule has 1 aromatic rings. The summed E-state index contributed by atoms with van der Waals surface area (Å²) >= 11 is 0. The molecule has 3 N–H and O–H groups in total. The zero-order chi connectivity index (χ0) is 18.6. The van der Waals surface area contributed by atoms with Gasteiger partial charge in [0.2, 0.25) is 11.8 Å². The van der Waals surface area contributed by atoms with Crippen LogP contribution in [0.15, 0.2) is 0 Å². The summed E-state index contributed by atoms with van der Waals surface area (Å²) in [6.07, 6.45) is 7.58. The van der Waals surface area contributed by atoms with Gasteiger partial charge in [0.25, 0.3) is 0 Å². The number of aromatic amines is 1. The Bertz CT molecular complexity index is 638. The van der Waals surface area contributed by atoms with Gasteiger partial charge in [0.05, 0.1) is 11.4 Å². The fourth-order valence-corrected chi connectivity index (χ4v) is 3.71. The fraction of sp³-hybridized carbons (Fsp3) is 0.789. The molecule has 1 unspecified atom stereocenters. The number of amides is 2. The van der Waals surface area contributed by atoms with E-state index in [1.807, 2.05) is 0 Å². The molecule has 0 radical (unpaired) electrons. The first-order valence-corrected chi connectivity index (χ1v) is 9.98. The lowest BCUT2D eigenvalue weighted by molar-refractivity contribution is -0.126. The van der Waals surface area contributed by atoms with Crippen LogP contribution < -0.4 is 10.6 Å². The van der Waals surface area contributed by atoms with Crippen molar-refractivity contribution < 1.29 is 9.59 Å². The predicted octanol–water partition coefficient (Wildman–Crippen LogP) is 1.75. The number of hydrogen-bond acceptors (Lipinski definition) is 4. The number of unbranched alkanes of at least 4 members (excludes halogenated alkanes) is 1. The summed E-state index contributed by atoms with van der Waals surface area (Å²) in [5, 5.41) is 17.0. The van der Waals surface area contributed by atoms with E-state index in [9.17, 15) is 9.59 Å². The Morgan fingerprint density at radius 2 is 1.96 bits per heavy atom. The van der Waals surface area contributed by atoms with Crippen molar-refractivity contribution in [2.45, 2.75) is 65.2 Å². The van der Waals surface area contributed by atoms with Crippen LogP contribution in [-0.4, -0.2) is 40.3 Å². The Labute approximate surface area is 155 Å². The van der Waals surface area contributed by atoms with Gasteiger partial charge < -0.3 is 10.6 Å². The van der Waals surface area contributed by atoms with Gasteiger partial charge in [-0.2, -0.15) is 15.4 Å². The highest BCUT2D eigenvalue weighted by Gasteiger charge is 2.48. The van der Waals surface area contributed by atoms with Gasteiger partial charge in [-0.25, -0.2) is 0 Å². The highest BCUT2D eigenvalue weighted by atomic mass is 16.2. The number of aryl methyl sites for hydroxylation is 1. The van der Waals surface area contributed by atoms with E-state index in [1.54, 1.807) is 0 Å². The van der Waals surface area contributed by atoms with Crippen molar-refractivity contribution >= 4 is 11.8 Å². The first kappa shape index (κ1) is 18.9. The minimum absolute atomic E-state index is 0.0295. The third-order valence-corrected chi connectivity index (χ3v) is 5.82. The summed E-state index contributed by atoms with van der Waals surface area (Å²) in [6, 6.07) is 0. The van der Waals surface area contributed by atoms with Gasteiger partial charge in [0.15, 0.2) is 0 Å². The van der Waals surface area contributed by atoms with Gasteiger partial charge in [-0.15, -0.1) is 0 Å². The number of hydrogen-bond donors (Lipinski definition) is 3. The molecule has 144 valence electrons. The number of nitrogens with zero attached hydrogens (tertiary/aromatic N) is 2. The van der Waals surface area contributed by atoms with Crippen LogP contribution in [-0.2, 0) is 22.4 Å². The van der Waals surface area contributed by atoms with Crippen LogP contribution in [0.1, 0.15) is 63.8 Å². The van der Waals surface area contributed by atoms with Crippen LogP contribution in [0, 0.1) is 17.3 Å². The molecule has 7 nitrogen and oxygen atoms in total. The normalized spacial score (nSPS) is 21.5. The molecule has 2 aliphatic carbocycles. The summed E-state index contributed by atoms with van der Waals surface area (Å²) in [7, 11) is 0. The smallest absolute Gasteiger partial charge is 0.226 e. The number of fused-ring (bicyclic) bond motifs is 1.